The molecular formula is C29H55N9O4. The summed E-state index contributed by atoms with van der Waals surface area (Å²) < 4.78 is 6.41. The Morgan fingerprint density at radius 1 is 1.10 bits per heavy atom. The SMILES string of the molecule is CC(=O)N1CCC(NC2CC(C(=O)NC[C@H](O)CN3CCC4C(CCC(OCC5CNNN5C)C4C)C3)NCN2)CC1. The van der Waals surface area contributed by atoms with Crippen LogP contribution in [0.25, 0.3) is 0 Å². The molecule has 13 heteroatoms. The summed E-state index contributed by atoms with van der Waals surface area (Å²) in [7, 11) is 2.05. The van der Waals surface area contributed by atoms with Crippen molar-refractivity contribution in [3.8, 4) is 0 Å². The van der Waals surface area contributed by atoms with Gasteiger partial charge in [-0.05, 0) is 56.4 Å². The Bertz CT molecular complexity index is 891. The van der Waals surface area contributed by atoms with Crippen molar-refractivity contribution in [1.82, 2.24) is 47.0 Å². The molecule has 4 aliphatic heterocycles. The number of piperidine rings is 2. The Morgan fingerprint density at radius 3 is 2.64 bits per heavy atom. The first kappa shape index (κ1) is 32.0. The number of nitrogens with one attached hydrogen (secondary N) is 6. The van der Waals surface area contributed by atoms with E-state index in [2.05, 4.69) is 49.1 Å². The van der Waals surface area contributed by atoms with Crippen LogP contribution in [0.3, 0.4) is 0 Å². The molecule has 1 saturated carbocycles. The van der Waals surface area contributed by atoms with Gasteiger partial charge < -0.3 is 25.0 Å². The van der Waals surface area contributed by atoms with Gasteiger partial charge in [-0.1, -0.05) is 6.92 Å². The molecule has 5 fully saturated rings. The van der Waals surface area contributed by atoms with Crippen LogP contribution >= 0.6 is 0 Å². The maximum Gasteiger partial charge on any atom is 0.237 e. The third-order valence-corrected chi connectivity index (χ3v) is 10.4. The fraction of sp³-hybridized carbons (Fsp3) is 0.931. The molecule has 42 heavy (non-hydrogen) atoms. The quantitative estimate of drug-likeness (QED) is 0.157. The van der Waals surface area contributed by atoms with E-state index in [0.29, 0.717) is 55.6 Å². The minimum atomic E-state index is -0.588. The smallest absolute Gasteiger partial charge is 0.237 e. The van der Waals surface area contributed by atoms with Gasteiger partial charge >= 0.3 is 0 Å². The van der Waals surface area contributed by atoms with Crippen LogP contribution in [0.5, 0.6) is 0 Å². The van der Waals surface area contributed by atoms with Gasteiger partial charge in [-0.25, -0.2) is 10.4 Å². The van der Waals surface area contributed by atoms with Crippen molar-refractivity contribution in [3.05, 3.63) is 0 Å². The molecule has 0 aromatic heterocycles. The average Bonchev–Trinajstić information content (AvgIpc) is 3.40. The number of fused-ring (bicyclic) bond motifs is 1. The molecule has 0 spiro atoms. The fourth-order valence-corrected chi connectivity index (χ4v) is 7.75. The van der Waals surface area contributed by atoms with E-state index in [1.54, 1.807) is 6.92 Å². The van der Waals surface area contributed by atoms with E-state index in [9.17, 15) is 14.7 Å². The molecule has 0 aromatic carbocycles. The first-order valence-electron chi connectivity index (χ1n) is 16.3. The van der Waals surface area contributed by atoms with Gasteiger partial charge in [0.15, 0.2) is 0 Å². The lowest BCUT2D eigenvalue weighted by Crippen LogP contribution is -2.62. The summed E-state index contributed by atoms with van der Waals surface area (Å²) in [6.45, 7) is 10.6. The van der Waals surface area contributed by atoms with E-state index in [0.717, 1.165) is 65.0 Å². The van der Waals surface area contributed by atoms with Gasteiger partial charge in [0.2, 0.25) is 11.8 Å². The Morgan fingerprint density at radius 2 is 1.90 bits per heavy atom. The highest BCUT2D eigenvalue weighted by atomic mass is 16.5. The number of carbonyl (C=O) groups is 2. The largest absolute Gasteiger partial charge is 0.390 e. The number of carbonyl (C=O) groups excluding carboxylic acids is 2. The number of likely N-dealkylation sites (tertiary alicyclic amines) is 2. The lowest BCUT2D eigenvalue weighted by molar-refractivity contribution is -0.130. The third kappa shape index (κ3) is 8.39. The van der Waals surface area contributed by atoms with E-state index in [-0.39, 0.29) is 30.6 Å². The summed E-state index contributed by atoms with van der Waals surface area (Å²) >= 11 is 0. The van der Waals surface area contributed by atoms with Crippen LogP contribution in [0.4, 0.5) is 0 Å². The van der Waals surface area contributed by atoms with Crippen LogP contribution in [0.2, 0.25) is 0 Å². The van der Waals surface area contributed by atoms with Crippen LogP contribution in [0.15, 0.2) is 0 Å². The van der Waals surface area contributed by atoms with Crippen molar-refractivity contribution in [1.29, 1.82) is 0 Å². The minimum absolute atomic E-state index is 0.0445. The number of ether oxygens (including phenoxy) is 1. The Balaban J connectivity index is 0.978. The van der Waals surface area contributed by atoms with Gasteiger partial charge in [0.05, 0.1) is 37.1 Å². The Labute approximate surface area is 251 Å². The number of hydrogen-bond acceptors (Lipinski definition) is 11. The summed E-state index contributed by atoms with van der Waals surface area (Å²) in [5.41, 5.74) is 6.29. The maximum absolute atomic E-state index is 12.9. The molecule has 0 bridgehead atoms. The molecule has 240 valence electrons. The molecule has 2 amide bonds. The standard InChI is InChI=1S/C29H55N9O4/c1-19-25-8-9-37(15-21(25)4-5-27(19)42-17-23-13-33-35-36(23)3)16-24(40)14-30-29(41)26-12-28(32-18-31-26)34-22-6-10-38(11-7-22)20(2)39/h19,21-28,31-35,40H,4-18H2,1-3H3,(H,30,41)/t19?,21?,23?,24-,25?,26?,27?,28?/m0/s1. The van der Waals surface area contributed by atoms with Crippen molar-refractivity contribution in [3.63, 3.8) is 0 Å². The topological polar surface area (TPSA) is 146 Å². The lowest BCUT2D eigenvalue weighted by Gasteiger charge is -2.47. The highest BCUT2D eigenvalue weighted by Gasteiger charge is 2.41. The minimum Gasteiger partial charge on any atom is -0.390 e. The average molecular weight is 594 g/mol. The van der Waals surface area contributed by atoms with E-state index in [4.69, 9.17) is 4.74 Å². The molecular weight excluding hydrogens is 538 g/mol. The van der Waals surface area contributed by atoms with Gasteiger partial charge in [-0.3, -0.25) is 25.5 Å². The van der Waals surface area contributed by atoms with Crippen LogP contribution in [-0.2, 0) is 14.3 Å². The highest BCUT2D eigenvalue weighted by Crippen LogP contribution is 2.41. The second-order valence-corrected chi connectivity index (χ2v) is 13.3. The van der Waals surface area contributed by atoms with E-state index >= 15 is 0 Å². The number of β-amino-alcohol motifs (C(OH)–C–C–N with tert-alkyl or cyclic N) is 1. The predicted molar refractivity (Wildman–Crippen MR) is 160 cm³/mol. The number of likely N-dealkylation sites (N-methyl/N-ethyl adjacent to an activating group) is 1. The maximum atomic E-state index is 12.9. The first-order chi connectivity index (χ1) is 20.3. The second-order valence-electron chi connectivity index (χ2n) is 13.3. The van der Waals surface area contributed by atoms with E-state index < -0.39 is 6.10 Å². The number of amides is 2. The van der Waals surface area contributed by atoms with Gasteiger partial charge in [-0.2, -0.15) is 5.53 Å². The van der Waals surface area contributed by atoms with Crippen molar-refractivity contribution < 1.29 is 19.4 Å². The van der Waals surface area contributed by atoms with Gasteiger partial charge in [0.1, 0.15) is 0 Å². The van der Waals surface area contributed by atoms with Crippen molar-refractivity contribution in [2.75, 3.05) is 66.1 Å². The number of rotatable bonds is 10. The van der Waals surface area contributed by atoms with Crippen LogP contribution < -0.4 is 32.2 Å². The third-order valence-electron chi connectivity index (χ3n) is 10.4. The van der Waals surface area contributed by atoms with E-state index in [1.807, 2.05) is 11.9 Å². The normalized spacial score (nSPS) is 36.0. The predicted octanol–water partition coefficient (Wildman–Crippen LogP) is -1.62. The molecule has 0 aromatic rings. The molecule has 0 radical (unpaired) electrons. The number of aliphatic hydroxyl groups excluding tert-OH is 1. The molecule has 5 rings (SSSR count). The van der Waals surface area contributed by atoms with E-state index in [1.165, 1.54) is 6.42 Å². The van der Waals surface area contributed by atoms with Crippen molar-refractivity contribution >= 4 is 11.8 Å². The monoisotopic (exact) mass is 593 g/mol. The zero-order valence-electron chi connectivity index (χ0n) is 25.8. The first-order valence-corrected chi connectivity index (χ1v) is 16.3. The number of nitrogens with zero attached hydrogens (tertiary/aromatic N) is 3. The summed E-state index contributed by atoms with van der Waals surface area (Å²) in [5.74, 6) is 1.94. The molecule has 7 unspecified atom stereocenters. The number of aliphatic hydroxyl groups is 1. The zero-order valence-corrected chi connectivity index (χ0v) is 25.8. The van der Waals surface area contributed by atoms with Gasteiger partial charge in [-0.15, -0.1) is 0 Å². The van der Waals surface area contributed by atoms with Crippen LogP contribution in [0, 0.1) is 17.8 Å². The molecule has 4 heterocycles. The van der Waals surface area contributed by atoms with Gasteiger partial charge in [0, 0.05) is 72.4 Å². The Hall–Kier alpha value is -1.42. The fourth-order valence-electron chi connectivity index (χ4n) is 7.75. The summed E-state index contributed by atoms with van der Waals surface area (Å²) in [6, 6.07) is 0.403. The lowest BCUT2D eigenvalue weighted by atomic mass is 9.68. The summed E-state index contributed by atoms with van der Waals surface area (Å²) in [5, 5.41) is 26.2. The number of hydrogen-bond donors (Lipinski definition) is 7. The van der Waals surface area contributed by atoms with Crippen molar-refractivity contribution in [2.24, 2.45) is 17.8 Å². The molecule has 4 saturated heterocycles. The molecule has 5 aliphatic rings. The highest BCUT2D eigenvalue weighted by molar-refractivity contribution is 5.81. The molecule has 8 atom stereocenters. The molecule has 7 N–H and O–H groups in total. The van der Waals surface area contributed by atoms with Crippen molar-refractivity contribution in [2.45, 2.75) is 88.9 Å². The molecule has 1 aliphatic carbocycles. The zero-order chi connectivity index (χ0) is 29.6. The van der Waals surface area contributed by atoms with Gasteiger partial charge in [0.25, 0.3) is 0 Å². The summed E-state index contributed by atoms with van der Waals surface area (Å²) in [6.07, 6.45) is 5.68. The van der Waals surface area contributed by atoms with Crippen LogP contribution in [0.1, 0.15) is 52.4 Å². The number of hydrazine groups is 2. The van der Waals surface area contributed by atoms with Crippen LogP contribution in [-0.4, -0.2) is 134 Å². The molecule has 13 nitrogen and oxygen atoms in total. The Kier molecular flexibility index (Phi) is 11.5. The summed E-state index contributed by atoms with van der Waals surface area (Å²) in [4.78, 5) is 28.8. The second kappa shape index (κ2) is 15.0.